The van der Waals surface area contributed by atoms with E-state index >= 15 is 0 Å². The molecule has 9 heteroatoms. The Labute approximate surface area is 159 Å². The van der Waals surface area contributed by atoms with E-state index in [9.17, 15) is 13.2 Å². The van der Waals surface area contributed by atoms with Crippen LogP contribution in [0.5, 0.6) is 0 Å². The largest absolute Gasteiger partial charge is 0.465 e. The Morgan fingerprint density at radius 1 is 1.04 bits per heavy atom. The molecule has 1 heterocycles. The number of anilines is 1. The standard InChI is InChI=1S/C17H12Cl2N2O4S/c1-25-17(22)10-6-11(9-20-8-10)21-26(23,24)12-2-3-13-14(7-12)16(19)5-4-15(13)18/h2-9,21H,1H3. The molecule has 0 aliphatic heterocycles. The van der Waals surface area contributed by atoms with Gasteiger partial charge in [-0.15, -0.1) is 0 Å². The minimum atomic E-state index is -3.93. The van der Waals surface area contributed by atoms with Gasteiger partial charge in [0.15, 0.2) is 0 Å². The van der Waals surface area contributed by atoms with Crippen LogP contribution in [0.4, 0.5) is 5.69 Å². The smallest absolute Gasteiger partial charge is 0.339 e. The van der Waals surface area contributed by atoms with Crippen LogP contribution >= 0.6 is 23.2 Å². The molecule has 0 unspecified atom stereocenters. The molecule has 0 atom stereocenters. The highest BCUT2D eigenvalue weighted by molar-refractivity contribution is 7.92. The average molecular weight is 411 g/mol. The van der Waals surface area contributed by atoms with Gasteiger partial charge in [0.25, 0.3) is 10.0 Å². The van der Waals surface area contributed by atoms with E-state index in [-0.39, 0.29) is 16.1 Å². The molecule has 6 nitrogen and oxygen atoms in total. The van der Waals surface area contributed by atoms with Gasteiger partial charge >= 0.3 is 5.97 Å². The SMILES string of the molecule is COC(=O)c1cncc(NS(=O)(=O)c2ccc3c(Cl)ccc(Cl)c3c2)c1. The number of hydrogen-bond acceptors (Lipinski definition) is 5. The number of aromatic nitrogens is 1. The van der Waals surface area contributed by atoms with Crippen LogP contribution in [0.2, 0.25) is 10.0 Å². The molecule has 2 aromatic carbocycles. The highest BCUT2D eigenvalue weighted by Gasteiger charge is 2.17. The first kappa shape index (κ1) is 18.4. The Hall–Kier alpha value is -2.35. The van der Waals surface area contributed by atoms with Gasteiger partial charge in [0.2, 0.25) is 0 Å². The molecule has 0 spiro atoms. The molecule has 1 aromatic heterocycles. The van der Waals surface area contributed by atoms with Gasteiger partial charge in [0.1, 0.15) is 0 Å². The van der Waals surface area contributed by atoms with E-state index in [2.05, 4.69) is 14.4 Å². The molecule has 26 heavy (non-hydrogen) atoms. The second-order valence-corrected chi connectivity index (χ2v) is 7.79. The first-order valence-electron chi connectivity index (χ1n) is 7.26. The van der Waals surface area contributed by atoms with Crippen molar-refractivity contribution in [2.24, 2.45) is 0 Å². The highest BCUT2D eigenvalue weighted by Crippen LogP contribution is 2.32. The predicted molar refractivity (Wildman–Crippen MR) is 100 cm³/mol. The van der Waals surface area contributed by atoms with Gasteiger partial charge in [-0.1, -0.05) is 29.3 Å². The van der Waals surface area contributed by atoms with E-state index in [0.29, 0.717) is 20.8 Å². The number of ether oxygens (including phenoxy) is 1. The van der Waals surface area contributed by atoms with Crippen molar-refractivity contribution in [3.8, 4) is 0 Å². The predicted octanol–water partition coefficient (Wildman–Crippen LogP) is 4.13. The van der Waals surface area contributed by atoms with Crippen LogP contribution in [0.15, 0.2) is 53.7 Å². The summed E-state index contributed by atoms with van der Waals surface area (Å²) in [7, 11) is -2.70. The number of sulfonamides is 1. The van der Waals surface area contributed by atoms with Crippen molar-refractivity contribution in [2.45, 2.75) is 4.90 Å². The number of benzene rings is 2. The van der Waals surface area contributed by atoms with Crippen molar-refractivity contribution in [3.05, 3.63) is 64.4 Å². The number of pyridine rings is 1. The van der Waals surface area contributed by atoms with Crippen molar-refractivity contribution in [3.63, 3.8) is 0 Å². The third-order valence-corrected chi connectivity index (χ3v) is 5.64. The third-order valence-electron chi connectivity index (χ3n) is 3.60. The fourth-order valence-electron chi connectivity index (χ4n) is 2.36. The summed E-state index contributed by atoms with van der Waals surface area (Å²) in [6.45, 7) is 0. The maximum absolute atomic E-state index is 12.7. The summed E-state index contributed by atoms with van der Waals surface area (Å²) in [5, 5.41) is 2.02. The zero-order valence-corrected chi connectivity index (χ0v) is 15.7. The molecule has 3 aromatic rings. The van der Waals surface area contributed by atoms with Gasteiger partial charge in [-0.05, 0) is 30.3 Å². The van der Waals surface area contributed by atoms with E-state index in [0.717, 1.165) is 0 Å². The van der Waals surface area contributed by atoms with Crippen LogP contribution in [-0.4, -0.2) is 26.5 Å². The summed E-state index contributed by atoms with van der Waals surface area (Å²) >= 11 is 12.3. The molecule has 0 saturated carbocycles. The lowest BCUT2D eigenvalue weighted by molar-refractivity contribution is 0.0600. The summed E-state index contributed by atoms with van der Waals surface area (Å²) in [5.74, 6) is -0.620. The maximum atomic E-state index is 12.7. The lowest BCUT2D eigenvalue weighted by Crippen LogP contribution is -2.14. The zero-order chi connectivity index (χ0) is 18.9. The third kappa shape index (κ3) is 3.60. The second-order valence-electron chi connectivity index (χ2n) is 5.30. The molecular formula is C17H12Cl2N2O4S. The van der Waals surface area contributed by atoms with Gasteiger partial charge in [0.05, 0.1) is 29.5 Å². The van der Waals surface area contributed by atoms with Crippen LogP contribution in [0.3, 0.4) is 0 Å². The van der Waals surface area contributed by atoms with Gasteiger partial charge in [0, 0.05) is 27.0 Å². The molecule has 0 saturated heterocycles. The number of fused-ring (bicyclic) bond motifs is 1. The number of halogens is 2. The minimum Gasteiger partial charge on any atom is -0.465 e. The Morgan fingerprint density at radius 2 is 1.73 bits per heavy atom. The van der Waals surface area contributed by atoms with E-state index in [1.165, 1.54) is 37.7 Å². The lowest BCUT2D eigenvalue weighted by Gasteiger charge is -2.10. The summed E-state index contributed by atoms with van der Waals surface area (Å²) in [6.07, 6.45) is 2.57. The molecule has 0 aliphatic rings. The fourth-order valence-corrected chi connectivity index (χ4v) is 3.87. The topological polar surface area (TPSA) is 85.4 Å². The molecule has 0 bridgehead atoms. The number of methoxy groups -OCH3 is 1. The number of esters is 1. The van der Waals surface area contributed by atoms with Crippen molar-refractivity contribution in [2.75, 3.05) is 11.8 Å². The lowest BCUT2D eigenvalue weighted by atomic mass is 10.1. The van der Waals surface area contributed by atoms with Crippen molar-refractivity contribution in [1.82, 2.24) is 4.98 Å². The Kier molecular flexibility index (Phi) is 5.04. The first-order chi connectivity index (χ1) is 12.3. The number of nitrogens with zero attached hydrogens (tertiary/aromatic N) is 1. The summed E-state index contributed by atoms with van der Waals surface area (Å²) < 4.78 is 32.3. The molecule has 0 aliphatic carbocycles. The molecule has 3 rings (SSSR count). The highest BCUT2D eigenvalue weighted by atomic mass is 35.5. The number of carbonyl (C=O) groups is 1. The molecule has 134 valence electrons. The van der Waals surface area contributed by atoms with Gasteiger partial charge in [-0.3, -0.25) is 9.71 Å². The Morgan fingerprint density at radius 3 is 2.42 bits per heavy atom. The van der Waals surface area contributed by atoms with Crippen molar-refractivity contribution < 1.29 is 17.9 Å². The Balaban J connectivity index is 2.00. The first-order valence-corrected chi connectivity index (χ1v) is 9.49. The van der Waals surface area contributed by atoms with Gasteiger partial charge < -0.3 is 4.74 Å². The quantitative estimate of drug-likeness (QED) is 0.653. The Bertz CT molecular complexity index is 1120. The van der Waals surface area contributed by atoms with Crippen LogP contribution in [0.25, 0.3) is 10.8 Å². The fraction of sp³-hybridized carbons (Fsp3) is 0.0588. The average Bonchev–Trinajstić information content (AvgIpc) is 2.63. The van der Waals surface area contributed by atoms with Gasteiger partial charge in [-0.2, -0.15) is 0 Å². The van der Waals surface area contributed by atoms with Crippen LogP contribution < -0.4 is 4.72 Å². The molecule has 0 fully saturated rings. The molecule has 0 radical (unpaired) electrons. The normalized spacial score (nSPS) is 11.3. The summed E-state index contributed by atoms with van der Waals surface area (Å²) in [5.41, 5.74) is 0.256. The molecular weight excluding hydrogens is 399 g/mol. The monoisotopic (exact) mass is 410 g/mol. The van der Waals surface area contributed by atoms with Crippen molar-refractivity contribution in [1.29, 1.82) is 0 Å². The van der Waals surface area contributed by atoms with E-state index in [1.54, 1.807) is 18.2 Å². The van der Waals surface area contributed by atoms with Crippen LogP contribution in [0.1, 0.15) is 10.4 Å². The van der Waals surface area contributed by atoms with Gasteiger partial charge in [-0.25, -0.2) is 13.2 Å². The molecule has 0 amide bonds. The van der Waals surface area contributed by atoms with E-state index in [1.807, 2.05) is 0 Å². The summed E-state index contributed by atoms with van der Waals surface area (Å²) in [6, 6.07) is 9.01. The zero-order valence-electron chi connectivity index (χ0n) is 13.4. The van der Waals surface area contributed by atoms with Crippen LogP contribution in [-0.2, 0) is 14.8 Å². The number of carbonyl (C=O) groups excluding carboxylic acids is 1. The van der Waals surface area contributed by atoms with Crippen LogP contribution in [0, 0.1) is 0 Å². The van der Waals surface area contributed by atoms with Crippen molar-refractivity contribution >= 4 is 55.7 Å². The van der Waals surface area contributed by atoms with E-state index < -0.39 is 16.0 Å². The number of nitrogens with one attached hydrogen (secondary N) is 1. The maximum Gasteiger partial charge on any atom is 0.339 e. The molecule has 1 N–H and O–H groups in total. The van der Waals surface area contributed by atoms with E-state index in [4.69, 9.17) is 23.2 Å². The number of rotatable bonds is 4. The minimum absolute atomic E-state index is 0.00219. The number of hydrogen-bond donors (Lipinski definition) is 1. The summed E-state index contributed by atoms with van der Waals surface area (Å²) in [4.78, 5) is 15.4. The second kappa shape index (κ2) is 7.11.